The summed E-state index contributed by atoms with van der Waals surface area (Å²) in [7, 11) is 1.67. The summed E-state index contributed by atoms with van der Waals surface area (Å²) in [5, 5.41) is 3.37. The van der Waals surface area contributed by atoms with E-state index >= 15 is 0 Å². The van der Waals surface area contributed by atoms with Gasteiger partial charge in [0, 0.05) is 13.7 Å². The predicted octanol–water partition coefficient (Wildman–Crippen LogP) is 0.666. The molecule has 0 aromatic heterocycles. The van der Waals surface area contributed by atoms with Crippen LogP contribution < -0.4 is 5.32 Å². The van der Waals surface area contributed by atoms with E-state index in [9.17, 15) is 0 Å². The fourth-order valence-corrected chi connectivity index (χ4v) is 1.24. The Morgan fingerprint density at radius 3 is 2.33 bits per heavy atom. The van der Waals surface area contributed by atoms with Gasteiger partial charge in [-0.3, -0.25) is 0 Å². The number of hydrogen-bond acceptors (Lipinski definition) is 4. The molecule has 0 unspecified atom stereocenters. The maximum Gasteiger partial charge on any atom is 0.0701 e. The Kier molecular flexibility index (Phi) is 7.83. The first kappa shape index (κ1) is 12.9. The van der Waals surface area contributed by atoms with Gasteiger partial charge in [-0.15, -0.1) is 0 Å². The van der Waals surface area contributed by atoms with Gasteiger partial charge in [-0.05, 0) is 25.3 Å². The number of nitrogens with one attached hydrogen (secondary N) is 1. The van der Waals surface area contributed by atoms with Gasteiger partial charge in [0.25, 0.3) is 0 Å². The molecule has 0 aromatic carbocycles. The number of methoxy groups -OCH3 is 1. The van der Waals surface area contributed by atoms with Gasteiger partial charge in [0.2, 0.25) is 0 Å². The van der Waals surface area contributed by atoms with Crippen molar-refractivity contribution in [3.8, 4) is 0 Å². The third-order valence-electron chi connectivity index (χ3n) is 2.36. The lowest BCUT2D eigenvalue weighted by Gasteiger charge is -2.06. The number of ether oxygens (including phenoxy) is 3. The number of hydrogen-bond donors (Lipinski definition) is 1. The molecule has 15 heavy (non-hydrogen) atoms. The Morgan fingerprint density at radius 1 is 1.00 bits per heavy atom. The molecule has 0 amide bonds. The summed E-state index contributed by atoms with van der Waals surface area (Å²) in [5.41, 5.74) is 0. The lowest BCUT2D eigenvalue weighted by atomic mass is 10.4. The van der Waals surface area contributed by atoms with Gasteiger partial charge < -0.3 is 19.5 Å². The fourth-order valence-electron chi connectivity index (χ4n) is 1.24. The van der Waals surface area contributed by atoms with Crippen LogP contribution in [-0.4, -0.2) is 53.2 Å². The second-order valence-corrected chi connectivity index (χ2v) is 3.87. The molecule has 0 aliphatic heterocycles. The van der Waals surface area contributed by atoms with Crippen LogP contribution >= 0.6 is 0 Å². The molecule has 1 aliphatic rings. The van der Waals surface area contributed by atoms with E-state index in [-0.39, 0.29) is 0 Å². The van der Waals surface area contributed by atoms with E-state index in [1.165, 1.54) is 12.8 Å². The highest BCUT2D eigenvalue weighted by atomic mass is 16.5. The van der Waals surface area contributed by atoms with Gasteiger partial charge in [0.1, 0.15) is 0 Å². The standard InChI is InChI=1S/C11H23NO3/c1-13-6-7-15-9-8-14-5-4-12-10-11-2-3-11/h11-12H,2-10H2,1H3. The molecule has 0 aromatic rings. The lowest BCUT2D eigenvalue weighted by Crippen LogP contribution is -2.22. The van der Waals surface area contributed by atoms with Crippen LogP contribution in [0, 0.1) is 5.92 Å². The van der Waals surface area contributed by atoms with Crippen molar-refractivity contribution in [1.82, 2.24) is 5.32 Å². The zero-order valence-electron chi connectivity index (χ0n) is 9.67. The molecule has 4 heteroatoms. The summed E-state index contributed by atoms with van der Waals surface area (Å²) in [6.07, 6.45) is 2.81. The van der Waals surface area contributed by atoms with Gasteiger partial charge >= 0.3 is 0 Å². The van der Waals surface area contributed by atoms with E-state index in [0.29, 0.717) is 26.4 Å². The van der Waals surface area contributed by atoms with Crippen molar-refractivity contribution in [3.63, 3.8) is 0 Å². The first-order valence-corrected chi connectivity index (χ1v) is 5.78. The molecule has 0 atom stereocenters. The molecule has 0 saturated heterocycles. The monoisotopic (exact) mass is 217 g/mol. The molecule has 0 bridgehead atoms. The van der Waals surface area contributed by atoms with Crippen molar-refractivity contribution in [2.75, 3.05) is 53.2 Å². The second kappa shape index (κ2) is 9.09. The van der Waals surface area contributed by atoms with Gasteiger partial charge in [0.05, 0.1) is 33.0 Å². The highest BCUT2D eigenvalue weighted by molar-refractivity contribution is 4.74. The van der Waals surface area contributed by atoms with E-state index in [2.05, 4.69) is 5.32 Å². The summed E-state index contributed by atoms with van der Waals surface area (Å²) in [5.74, 6) is 0.947. The smallest absolute Gasteiger partial charge is 0.0701 e. The van der Waals surface area contributed by atoms with Crippen molar-refractivity contribution in [2.24, 2.45) is 5.92 Å². The Morgan fingerprint density at radius 2 is 1.67 bits per heavy atom. The molecule has 1 saturated carbocycles. The summed E-state index contributed by atoms with van der Waals surface area (Å²) in [6.45, 7) is 5.53. The average Bonchev–Trinajstić information content (AvgIpc) is 3.05. The van der Waals surface area contributed by atoms with Gasteiger partial charge in [-0.1, -0.05) is 0 Å². The highest BCUT2D eigenvalue weighted by Gasteiger charge is 2.19. The Hall–Kier alpha value is -0.160. The van der Waals surface area contributed by atoms with Crippen LogP contribution in [-0.2, 0) is 14.2 Å². The van der Waals surface area contributed by atoms with Gasteiger partial charge in [-0.25, -0.2) is 0 Å². The van der Waals surface area contributed by atoms with E-state index in [1.54, 1.807) is 7.11 Å². The molecule has 0 spiro atoms. The molecule has 1 aliphatic carbocycles. The maximum atomic E-state index is 5.39. The summed E-state index contributed by atoms with van der Waals surface area (Å²) in [4.78, 5) is 0. The van der Waals surface area contributed by atoms with Crippen LogP contribution in [0.1, 0.15) is 12.8 Å². The minimum absolute atomic E-state index is 0.653. The minimum atomic E-state index is 0.653. The number of rotatable bonds is 11. The summed E-state index contributed by atoms with van der Waals surface area (Å²) >= 11 is 0. The SMILES string of the molecule is COCCOCCOCCNCC1CC1. The van der Waals surface area contributed by atoms with Crippen LogP contribution in [0.15, 0.2) is 0 Å². The molecule has 0 radical (unpaired) electrons. The van der Waals surface area contributed by atoms with Crippen molar-refractivity contribution >= 4 is 0 Å². The minimum Gasteiger partial charge on any atom is -0.382 e. The predicted molar refractivity (Wildman–Crippen MR) is 59.1 cm³/mol. The van der Waals surface area contributed by atoms with Gasteiger partial charge in [0.15, 0.2) is 0 Å². The first-order valence-electron chi connectivity index (χ1n) is 5.78. The lowest BCUT2D eigenvalue weighted by molar-refractivity contribution is 0.0256. The molecule has 1 rings (SSSR count). The fraction of sp³-hybridized carbons (Fsp3) is 1.00. The van der Waals surface area contributed by atoms with E-state index in [1.807, 2.05) is 0 Å². The molecular formula is C11H23NO3. The Bertz CT molecular complexity index is 140. The summed E-state index contributed by atoms with van der Waals surface area (Å²) in [6, 6.07) is 0. The quantitative estimate of drug-likeness (QED) is 0.516. The average molecular weight is 217 g/mol. The van der Waals surface area contributed by atoms with Crippen LogP contribution in [0.5, 0.6) is 0 Å². The molecule has 1 fully saturated rings. The first-order chi connectivity index (χ1) is 7.43. The molecule has 1 N–H and O–H groups in total. The highest BCUT2D eigenvalue weighted by Crippen LogP contribution is 2.27. The topological polar surface area (TPSA) is 39.7 Å². The van der Waals surface area contributed by atoms with E-state index in [4.69, 9.17) is 14.2 Å². The molecule has 0 heterocycles. The molecule has 4 nitrogen and oxygen atoms in total. The second-order valence-electron chi connectivity index (χ2n) is 3.87. The largest absolute Gasteiger partial charge is 0.382 e. The van der Waals surface area contributed by atoms with Crippen LogP contribution in [0.3, 0.4) is 0 Å². The maximum absolute atomic E-state index is 5.39. The Balaban J connectivity index is 1.62. The van der Waals surface area contributed by atoms with Crippen molar-refractivity contribution < 1.29 is 14.2 Å². The van der Waals surface area contributed by atoms with Crippen LogP contribution in [0.2, 0.25) is 0 Å². The van der Waals surface area contributed by atoms with E-state index in [0.717, 1.165) is 25.6 Å². The van der Waals surface area contributed by atoms with Crippen molar-refractivity contribution in [3.05, 3.63) is 0 Å². The van der Waals surface area contributed by atoms with Gasteiger partial charge in [-0.2, -0.15) is 0 Å². The molecule has 90 valence electrons. The van der Waals surface area contributed by atoms with Crippen LogP contribution in [0.4, 0.5) is 0 Å². The molecular weight excluding hydrogens is 194 g/mol. The Labute approximate surface area is 92.3 Å². The summed E-state index contributed by atoms with van der Waals surface area (Å²) < 4.78 is 15.5. The van der Waals surface area contributed by atoms with E-state index < -0.39 is 0 Å². The zero-order chi connectivity index (χ0) is 10.8. The van der Waals surface area contributed by atoms with Crippen molar-refractivity contribution in [1.29, 1.82) is 0 Å². The third kappa shape index (κ3) is 8.81. The zero-order valence-corrected chi connectivity index (χ0v) is 9.67. The normalized spacial score (nSPS) is 15.8. The van der Waals surface area contributed by atoms with Crippen molar-refractivity contribution in [2.45, 2.75) is 12.8 Å². The third-order valence-corrected chi connectivity index (χ3v) is 2.36. The van der Waals surface area contributed by atoms with Crippen LogP contribution in [0.25, 0.3) is 0 Å².